The van der Waals surface area contributed by atoms with Gasteiger partial charge in [-0.25, -0.2) is 9.18 Å². The highest BCUT2D eigenvalue weighted by Gasteiger charge is 2.05. The number of halogens is 1. The summed E-state index contributed by atoms with van der Waals surface area (Å²) in [6.07, 6.45) is 3.14. The molecular weight excluding hydrogens is 319 g/mol. The van der Waals surface area contributed by atoms with Crippen LogP contribution in [0.4, 0.5) is 9.18 Å². The zero-order valence-corrected chi connectivity index (χ0v) is 14.1. The van der Waals surface area contributed by atoms with Gasteiger partial charge in [0.25, 0.3) is 0 Å². The van der Waals surface area contributed by atoms with E-state index in [0.717, 1.165) is 29.7 Å². The van der Waals surface area contributed by atoms with Crippen LogP contribution in [-0.2, 0) is 13.0 Å². The first kappa shape index (κ1) is 18.5. The van der Waals surface area contributed by atoms with Crippen LogP contribution in [0, 0.1) is 5.82 Å². The average molecular weight is 342 g/mol. The van der Waals surface area contributed by atoms with Crippen molar-refractivity contribution >= 4 is 6.03 Å². The Morgan fingerprint density at radius 3 is 2.80 bits per heavy atom. The van der Waals surface area contributed by atoms with Crippen LogP contribution < -0.4 is 15.4 Å². The Bertz CT molecular complexity index is 704. The molecule has 0 saturated heterocycles. The molecule has 5 heteroatoms. The number of rotatable bonds is 9. The Morgan fingerprint density at radius 1 is 1.16 bits per heavy atom. The molecule has 0 unspecified atom stereocenters. The second kappa shape index (κ2) is 10.1. The third kappa shape index (κ3) is 6.67. The van der Waals surface area contributed by atoms with Crippen molar-refractivity contribution in [1.82, 2.24) is 10.6 Å². The minimum absolute atomic E-state index is 0.236. The topological polar surface area (TPSA) is 50.4 Å². The van der Waals surface area contributed by atoms with Gasteiger partial charge in [-0.05, 0) is 36.6 Å². The summed E-state index contributed by atoms with van der Waals surface area (Å²) in [6, 6.07) is 13.8. The van der Waals surface area contributed by atoms with Crippen molar-refractivity contribution in [3.8, 4) is 5.75 Å². The van der Waals surface area contributed by atoms with Crippen molar-refractivity contribution in [2.45, 2.75) is 19.4 Å². The zero-order valence-electron chi connectivity index (χ0n) is 14.1. The summed E-state index contributed by atoms with van der Waals surface area (Å²) in [5, 5.41) is 5.61. The summed E-state index contributed by atoms with van der Waals surface area (Å²) in [6.45, 7) is 4.95. The van der Waals surface area contributed by atoms with Crippen molar-refractivity contribution in [3.63, 3.8) is 0 Å². The van der Waals surface area contributed by atoms with E-state index < -0.39 is 0 Å². The van der Waals surface area contributed by atoms with Crippen molar-refractivity contribution in [1.29, 1.82) is 0 Å². The van der Waals surface area contributed by atoms with Crippen molar-refractivity contribution < 1.29 is 13.9 Å². The molecule has 0 atom stereocenters. The molecule has 2 aromatic carbocycles. The van der Waals surface area contributed by atoms with Crippen LogP contribution in [0.15, 0.2) is 61.2 Å². The van der Waals surface area contributed by atoms with E-state index in [1.807, 2.05) is 30.3 Å². The lowest BCUT2D eigenvalue weighted by molar-refractivity contribution is 0.240. The summed E-state index contributed by atoms with van der Waals surface area (Å²) in [5.74, 6) is 0.495. The highest BCUT2D eigenvalue weighted by Crippen LogP contribution is 2.17. The lowest BCUT2D eigenvalue weighted by atomic mass is 10.1. The van der Waals surface area contributed by atoms with Gasteiger partial charge in [-0.15, -0.1) is 0 Å². The fourth-order valence-electron chi connectivity index (χ4n) is 2.36. The Labute approximate surface area is 147 Å². The standard InChI is InChI=1S/C20H23FN2O2/c1-2-13-25-19-11-4-3-9-17(19)15-23-20(24)22-12-6-8-16-7-5-10-18(21)14-16/h2-5,7,9-11,14H,1,6,8,12-13,15H2,(H2,22,23,24). The van der Waals surface area contributed by atoms with E-state index in [1.165, 1.54) is 12.1 Å². The zero-order chi connectivity index (χ0) is 17.9. The van der Waals surface area contributed by atoms with Crippen molar-refractivity contribution in [3.05, 3.63) is 78.1 Å². The maximum absolute atomic E-state index is 13.1. The van der Waals surface area contributed by atoms with Gasteiger partial charge in [-0.1, -0.05) is 43.0 Å². The number of aryl methyl sites for hydroxylation is 1. The van der Waals surface area contributed by atoms with E-state index in [9.17, 15) is 9.18 Å². The summed E-state index contributed by atoms with van der Waals surface area (Å²) in [7, 11) is 0. The van der Waals surface area contributed by atoms with Gasteiger partial charge in [0.1, 0.15) is 18.2 Å². The number of carbonyl (C=O) groups is 1. The lowest BCUT2D eigenvalue weighted by Crippen LogP contribution is -2.35. The minimum Gasteiger partial charge on any atom is -0.489 e. The Hall–Kier alpha value is -2.82. The Balaban J connectivity index is 1.69. The van der Waals surface area contributed by atoms with Gasteiger partial charge >= 0.3 is 6.03 Å². The third-order valence-corrected chi connectivity index (χ3v) is 3.59. The van der Waals surface area contributed by atoms with Gasteiger partial charge in [0.15, 0.2) is 0 Å². The first-order chi connectivity index (χ1) is 12.2. The lowest BCUT2D eigenvalue weighted by Gasteiger charge is -2.11. The molecule has 2 aromatic rings. The molecule has 0 aliphatic carbocycles. The van der Waals surface area contributed by atoms with E-state index in [1.54, 1.807) is 12.1 Å². The number of hydrogen-bond donors (Lipinski definition) is 2. The smallest absolute Gasteiger partial charge is 0.315 e. The van der Waals surface area contributed by atoms with Crippen LogP contribution in [0.25, 0.3) is 0 Å². The third-order valence-electron chi connectivity index (χ3n) is 3.59. The molecule has 0 bridgehead atoms. The first-order valence-corrected chi connectivity index (χ1v) is 8.27. The number of benzene rings is 2. The highest BCUT2D eigenvalue weighted by atomic mass is 19.1. The molecule has 0 radical (unpaired) electrons. The molecule has 0 aliphatic rings. The van der Waals surface area contributed by atoms with Crippen molar-refractivity contribution in [2.24, 2.45) is 0 Å². The molecule has 25 heavy (non-hydrogen) atoms. The molecule has 2 N–H and O–H groups in total. The number of ether oxygens (including phenoxy) is 1. The SMILES string of the molecule is C=CCOc1ccccc1CNC(=O)NCCCc1cccc(F)c1. The number of carbonyl (C=O) groups excluding carboxylic acids is 1. The Kier molecular flexibility index (Phi) is 7.50. The van der Waals surface area contributed by atoms with Gasteiger partial charge in [0.2, 0.25) is 0 Å². The summed E-state index contributed by atoms with van der Waals surface area (Å²) < 4.78 is 18.6. The summed E-state index contributed by atoms with van der Waals surface area (Å²) in [5.41, 5.74) is 1.83. The second-order valence-corrected chi connectivity index (χ2v) is 5.55. The first-order valence-electron chi connectivity index (χ1n) is 8.27. The number of urea groups is 1. The van der Waals surface area contributed by atoms with E-state index in [4.69, 9.17) is 4.74 Å². The van der Waals surface area contributed by atoms with Crippen LogP contribution in [0.1, 0.15) is 17.5 Å². The quantitative estimate of drug-likeness (QED) is 0.538. The molecule has 0 heterocycles. The predicted octanol–water partition coefficient (Wildman–Crippen LogP) is 3.82. The number of hydrogen-bond acceptors (Lipinski definition) is 2. The average Bonchev–Trinajstić information content (AvgIpc) is 2.62. The van der Waals surface area contributed by atoms with Crippen LogP contribution in [0.2, 0.25) is 0 Å². The molecule has 0 aliphatic heterocycles. The summed E-state index contributed by atoms with van der Waals surface area (Å²) >= 11 is 0. The van der Waals surface area contributed by atoms with E-state index in [0.29, 0.717) is 19.7 Å². The molecule has 0 spiro atoms. The molecule has 2 rings (SSSR count). The normalized spacial score (nSPS) is 10.1. The van der Waals surface area contributed by atoms with E-state index in [-0.39, 0.29) is 11.8 Å². The van der Waals surface area contributed by atoms with Crippen molar-refractivity contribution in [2.75, 3.05) is 13.2 Å². The largest absolute Gasteiger partial charge is 0.489 e. The molecular formula is C20H23FN2O2. The molecule has 2 amide bonds. The monoisotopic (exact) mass is 342 g/mol. The molecule has 0 saturated carbocycles. The van der Waals surface area contributed by atoms with Gasteiger partial charge < -0.3 is 15.4 Å². The fourth-order valence-corrected chi connectivity index (χ4v) is 2.36. The minimum atomic E-state index is -0.238. The van der Waals surface area contributed by atoms with Gasteiger partial charge in [0, 0.05) is 18.7 Å². The van der Waals surface area contributed by atoms with Crippen LogP contribution in [0.5, 0.6) is 5.75 Å². The van der Waals surface area contributed by atoms with Crippen LogP contribution in [0.3, 0.4) is 0 Å². The number of para-hydroxylation sites is 1. The van der Waals surface area contributed by atoms with Gasteiger partial charge in [-0.3, -0.25) is 0 Å². The molecule has 0 aromatic heterocycles. The van der Waals surface area contributed by atoms with E-state index in [2.05, 4.69) is 17.2 Å². The predicted molar refractivity (Wildman–Crippen MR) is 97.1 cm³/mol. The number of nitrogens with one attached hydrogen (secondary N) is 2. The highest BCUT2D eigenvalue weighted by molar-refractivity contribution is 5.73. The van der Waals surface area contributed by atoms with E-state index >= 15 is 0 Å². The van der Waals surface area contributed by atoms with Crippen LogP contribution in [-0.4, -0.2) is 19.2 Å². The van der Waals surface area contributed by atoms with Gasteiger partial charge in [-0.2, -0.15) is 0 Å². The summed E-state index contributed by atoms with van der Waals surface area (Å²) in [4.78, 5) is 11.9. The molecule has 0 fully saturated rings. The maximum Gasteiger partial charge on any atom is 0.315 e. The second-order valence-electron chi connectivity index (χ2n) is 5.55. The molecule has 132 valence electrons. The molecule has 4 nitrogen and oxygen atoms in total. The fraction of sp³-hybridized carbons (Fsp3) is 0.250. The maximum atomic E-state index is 13.1. The number of amides is 2. The Morgan fingerprint density at radius 2 is 2.00 bits per heavy atom. The van der Waals surface area contributed by atoms with Gasteiger partial charge in [0.05, 0.1) is 0 Å². The van der Waals surface area contributed by atoms with Crippen LogP contribution >= 0.6 is 0 Å².